The third-order valence-electron chi connectivity index (χ3n) is 2.75. The average molecular weight is 273 g/mol. The minimum atomic E-state index is -1.20. The van der Waals surface area contributed by atoms with E-state index in [1.54, 1.807) is 0 Å². The van der Waals surface area contributed by atoms with Crippen LogP contribution in [0, 0.1) is 0 Å². The van der Waals surface area contributed by atoms with Gasteiger partial charge in [-0.15, -0.1) is 0 Å². The van der Waals surface area contributed by atoms with Crippen LogP contribution in [0.2, 0.25) is 0 Å². The van der Waals surface area contributed by atoms with Gasteiger partial charge in [0.1, 0.15) is 13.1 Å². The van der Waals surface area contributed by atoms with Crippen molar-refractivity contribution < 1.29 is 24.6 Å². The maximum atomic E-state index is 11.7. The molecule has 110 valence electrons. The molecular formula is C13H23NO5. The molecular weight excluding hydrogens is 250 g/mol. The number of aliphatic carboxylic acids is 2. The van der Waals surface area contributed by atoms with Crippen molar-refractivity contribution in [3.8, 4) is 0 Å². The Morgan fingerprint density at radius 1 is 0.842 bits per heavy atom. The fourth-order valence-electron chi connectivity index (χ4n) is 1.77. The molecule has 0 heterocycles. The molecule has 0 aromatic heterocycles. The molecule has 0 rings (SSSR count). The molecule has 0 aliphatic heterocycles. The highest BCUT2D eigenvalue weighted by molar-refractivity contribution is 5.85. The molecule has 0 saturated carbocycles. The molecule has 6 nitrogen and oxygen atoms in total. The van der Waals surface area contributed by atoms with Crippen LogP contribution in [0.5, 0.6) is 0 Å². The zero-order valence-corrected chi connectivity index (χ0v) is 11.4. The van der Waals surface area contributed by atoms with Gasteiger partial charge in [0.15, 0.2) is 0 Å². The highest BCUT2D eigenvalue weighted by Gasteiger charge is 2.18. The molecule has 19 heavy (non-hydrogen) atoms. The third-order valence-corrected chi connectivity index (χ3v) is 2.75. The van der Waals surface area contributed by atoms with Gasteiger partial charge in [-0.1, -0.05) is 39.0 Å². The lowest BCUT2D eigenvalue weighted by Gasteiger charge is -2.18. The summed E-state index contributed by atoms with van der Waals surface area (Å²) in [6.07, 6.45) is 6.34. The van der Waals surface area contributed by atoms with Crippen molar-refractivity contribution in [2.24, 2.45) is 0 Å². The van der Waals surface area contributed by atoms with E-state index in [9.17, 15) is 14.4 Å². The quantitative estimate of drug-likeness (QED) is 0.559. The molecule has 0 fully saturated rings. The van der Waals surface area contributed by atoms with Crippen LogP contribution < -0.4 is 0 Å². The number of carboxylic acid groups (broad SMARTS) is 2. The summed E-state index contributed by atoms with van der Waals surface area (Å²) in [6, 6.07) is 0. The lowest BCUT2D eigenvalue weighted by Crippen LogP contribution is -2.39. The lowest BCUT2D eigenvalue weighted by atomic mass is 10.1. The second-order valence-corrected chi connectivity index (χ2v) is 4.56. The van der Waals surface area contributed by atoms with Gasteiger partial charge in [-0.05, 0) is 6.42 Å². The predicted molar refractivity (Wildman–Crippen MR) is 69.8 cm³/mol. The summed E-state index contributed by atoms with van der Waals surface area (Å²) in [4.78, 5) is 33.7. The van der Waals surface area contributed by atoms with Gasteiger partial charge in [-0.3, -0.25) is 14.4 Å². The lowest BCUT2D eigenvalue weighted by molar-refractivity contribution is -0.149. The molecule has 0 radical (unpaired) electrons. The van der Waals surface area contributed by atoms with Crippen LogP contribution in [0.3, 0.4) is 0 Å². The molecule has 0 aromatic carbocycles. The van der Waals surface area contributed by atoms with Gasteiger partial charge in [-0.2, -0.15) is 0 Å². The largest absolute Gasteiger partial charge is 0.480 e. The highest BCUT2D eigenvalue weighted by atomic mass is 16.4. The van der Waals surface area contributed by atoms with Gasteiger partial charge >= 0.3 is 11.9 Å². The number of carbonyl (C=O) groups excluding carboxylic acids is 1. The van der Waals surface area contributed by atoms with E-state index in [4.69, 9.17) is 10.2 Å². The SMILES string of the molecule is CCCCCCCCC(=O)N(CC(=O)O)CC(=O)O. The van der Waals surface area contributed by atoms with E-state index in [1.807, 2.05) is 0 Å². The maximum Gasteiger partial charge on any atom is 0.323 e. The Balaban J connectivity index is 3.96. The Morgan fingerprint density at radius 3 is 1.79 bits per heavy atom. The molecule has 0 bridgehead atoms. The van der Waals surface area contributed by atoms with Crippen LogP contribution >= 0.6 is 0 Å². The zero-order valence-electron chi connectivity index (χ0n) is 11.4. The summed E-state index contributed by atoms with van der Waals surface area (Å²) < 4.78 is 0. The van der Waals surface area contributed by atoms with Crippen LogP contribution in [0.1, 0.15) is 51.9 Å². The summed E-state index contributed by atoms with van der Waals surface area (Å²) in [7, 11) is 0. The van der Waals surface area contributed by atoms with Crippen molar-refractivity contribution in [2.75, 3.05) is 13.1 Å². The average Bonchev–Trinajstić information content (AvgIpc) is 2.31. The second-order valence-electron chi connectivity index (χ2n) is 4.56. The molecule has 1 amide bonds. The van der Waals surface area contributed by atoms with Crippen LogP contribution in [0.25, 0.3) is 0 Å². The standard InChI is InChI=1S/C13H23NO5/c1-2-3-4-5-6-7-8-11(15)14(9-12(16)17)10-13(18)19/h2-10H2,1H3,(H,16,17)(H,18,19). The molecule has 0 aliphatic rings. The first-order chi connectivity index (χ1) is 8.97. The second kappa shape index (κ2) is 10.3. The van der Waals surface area contributed by atoms with Crippen molar-refractivity contribution in [2.45, 2.75) is 51.9 Å². The highest BCUT2D eigenvalue weighted by Crippen LogP contribution is 2.08. The fourth-order valence-corrected chi connectivity index (χ4v) is 1.77. The molecule has 0 atom stereocenters. The minimum absolute atomic E-state index is 0.215. The first-order valence-corrected chi connectivity index (χ1v) is 6.68. The van der Waals surface area contributed by atoms with E-state index in [2.05, 4.69) is 6.92 Å². The number of rotatable bonds is 11. The van der Waals surface area contributed by atoms with E-state index < -0.39 is 30.9 Å². The van der Waals surface area contributed by atoms with Crippen molar-refractivity contribution in [3.63, 3.8) is 0 Å². The number of unbranched alkanes of at least 4 members (excludes halogenated alkanes) is 5. The Bertz CT molecular complexity index is 287. The normalized spacial score (nSPS) is 10.2. The smallest absolute Gasteiger partial charge is 0.323 e. The van der Waals surface area contributed by atoms with E-state index >= 15 is 0 Å². The first kappa shape index (κ1) is 17.4. The molecule has 0 spiro atoms. The van der Waals surface area contributed by atoms with E-state index in [1.165, 1.54) is 6.42 Å². The number of carbonyl (C=O) groups is 3. The van der Waals surface area contributed by atoms with Gasteiger partial charge < -0.3 is 15.1 Å². The summed E-state index contributed by atoms with van der Waals surface area (Å²) in [6.45, 7) is 1.02. The Kier molecular flexibility index (Phi) is 9.48. The Hall–Kier alpha value is -1.59. The molecule has 0 saturated heterocycles. The molecule has 2 N–H and O–H groups in total. The summed E-state index contributed by atoms with van der Waals surface area (Å²) in [5.74, 6) is -2.80. The molecule has 6 heteroatoms. The van der Waals surface area contributed by atoms with Crippen molar-refractivity contribution >= 4 is 17.8 Å². The van der Waals surface area contributed by atoms with Crippen LogP contribution in [0.15, 0.2) is 0 Å². The molecule has 0 unspecified atom stereocenters. The van der Waals surface area contributed by atoms with Gasteiger partial charge in [0.05, 0.1) is 0 Å². The number of hydrogen-bond acceptors (Lipinski definition) is 3. The molecule has 0 aromatic rings. The van der Waals surface area contributed by atoms with Crippen LogP contribution in [-0.4, -0.2) is 46.0 Å². The number of amides is 1. The van der Waals surface area contributed by atoms with E-state index in [0.29, 0.717) is 6.42 Å². The van der Waals surface area contributed by atoms with Gasteiger partial charge in [0, 0.05) is 6.42 Å². The van der Waals surface area contributed by atoms with Crippen LogP contribution in [0.4, 0.5) is 0 Å². The van der Waals surface area contributed by atoms with Gasteiger partial charge in [0.25, 0.3) is 0 Å². The summed E-state index contributed by atoms with van der Waals surface area (Å²) in [5, 5.41) is 17.3. The van der Waals surface area contributed by atoms with E-state index in [-0.39, 0.29) is 6.42 Å². The number of carboxylic acids is 2. The monoisotopic (exact) mass is 273 g/mol. The molecule has 0 aliphatic carbocycles. The van der Waals surface area contributed by atoms with Crippen molar-refractivity contribution in [3.05, 3.63) is 0 Å². The summed E-state index contributed by atoms with van der Waals surface area (Å²) >= 11 is 0. The zero-order chi connectivity index (χ0) is 14.7. The Labute approximate surface area is 113 Å². The minimum Gasteiger partial charge on any atom is -0.480 e. The number of hydrogen-bond donors (Lipinski definition) is 2. The van der Waals surface area contributed by atoms with Crippen molar-refractivity contribution in [1.82, 2.24) is 4.90 Å². The van der Waals surface area contributed by atoms with Crippen LogP contribution in [-0.2, 0) is 14.4 Å². The fraction of sp³-hybridized carbons (Fsp3) is 0.769. The van der Waals surface area contributed by atoms with E-state index in [0.717, 1.165) is 30.6 Å². The predicted octanol–water partition coefficient (Wildman–Crippen LogP) is 1.73. The van der Waals surface area contributed by atoms with Crippen molar-refractivity contribution in [1.29, 1.82) is 0 Å². The Morgan fingerprint density at radius 2 is 1.32 bits per heavy atom. The first-order valence-electron chi connectivity index (χ1n) is 6.68. The third kappa shape index (κ3) is 10.1. The maximum absolute atomic E-state index is 11.7. The van der Waals surface area contributed by atoms with Gasteiger partial charge in [0.2, 0.25) is 5.91 Å². The topological polar surface area (TPSA) is 94.9 Å². The number of nitrogens with zero attached hydrogens (tertiary/aromatic N) is 1. The summed E-state index contributed by atoms with van der Waals surface area (Å²) in [5.41, 5.74) is 0. The van der Waals surface area contributed by atoms with Gasteiger partial charge in [-0.25, -0.2) is 0 Å².